The number of carboxylic acid groups (broad SMARTS) is 1. The lowest BCUT2D eigenvalue weighted by Crippen LogP contribution is -2.47. The van der Waals surface area contributed by atoms with Gasteiger partial charge in [0, 0.05) is 44.6 Å². The maximum absolute atomic E-state index is 16.0. The Morgan fingerprint density at radius 2 is 1.66 bits per heavy atom. The van der Waals surface area contributed by atoms with Crippen LogP contribution in [-0.2, 0) is 6.54 Å². The van der Waals surface area contributed by atoms with Gasteiger partial charge in [0.05, 0.1) is 18.2 Å². The summed E-state index contributed by atoms with van der Waals surface area (Å²) in [6, 6.07) is 16.5. The molecule has 2 fully saturated rings. The normalized spacial score (nSPS) is 16.0. The summed E-state index contributed by atoms with van der Waals surface area (Å²) in [6.07, 6.45) is 4.14. The fourth-order valence-electron chi connectivity index (χ4n) is 5.95. The Morgan fingerprint density at radius 1 is 0.951 bits per heavy atom. The minimum Gasteiger partial charge on any atom is -0.492 e. The van der Waals surface area contributed by atoms with Crippen molar-refractivity contribution in [1.29, 1.82) is 0 Å². The fraction of sp³-hybridized carbons (Fsp3) is 0.323. The number of aromatic carboxylic acids is 1. The van der Waals surface area contributed by atoms with E-state index >= 15 is 4.39 Å². The maximum atomic E-state index is 16.0. The third kappa shape index (κ3) is 4.99. The van der Waals surface area contributed by atoms with Gasteiger partial charge >= 0.3 is 5.97 Å². The Kier molecular flexibility index (Phi) is 7.32. The number of rotatable bonds is 7. The second kappa shape index (κ2) is 11.2. The maximum Gasteiger partial charge on any atom is 0.344 e. The molecule has 2 saturated heterocycles. The van der Waals surface area contributed by atoms with E-state index in [9.17, 15) is 14.7 Å². The van der Waals surface area contributed by atoms with Gasteiger partial charge in [0.15, 0.2) is 11.3 Å². The number of pyridine rings is 2. The van der Waals surface area contributed by atoms with E-state index < -0.39 is 22.9 Å². The highest BCUT2D eigenvalue weighted by Crippen LogP contribution is 2.38. The number of hydrogen-bond acceptors (Lipinski definition) is 7. The summed E-state index contributed by atoms with van der Waals surface area (Å²) in [5.74, 6) is -1.51. The number of anilines is 2. The quantitative estimate of drug-likeness (QED) is 0.339. The van der Waals surface area contributed by atoms with Crippen molar-refractivity contribution in [2.24, 2.45) is 0 Å². The predicted octanol–water partition coefficient (Wildman–Crippen LogP) is 4.15. The molecule has 2 aromatic heterocycles. The Morgan fingerprint density at radius 3 is 2.29 bits per heavy atom. The Bertz CT molecular complexity index is 1630. The van der Waals surface area contributed by atoms with Crippen molar-refractivity contribution in [3.05, 3.63) is 88.1 Å². The summed E-state index contributed by atoms with van der Waals surface area (Å²) < 4.78 is 23.1. The van der Waals surface area contributed by atoms with Gasteiger partial charge in [-0.25, -0.2) is 9.78 Å². The first-order valence-electron chi connectivity index (χ1n) is 13.9. The van der Waals surface area contributed by atoms with E-state index in [0.717, 1.165) is 44.1 Å². The number of carboxylic acids is 1. The zero-order chi connectivity index (χ0) is 28.5. The van der Waals surface area contributed by atoms with Crippen molar-refractivity contribution >= 4 is 28.4 Å². The van der Waals surface area contributed by atoms with Crippen LogP contribution in [0.5, 0.6) is 5.75 Å². The number of hydrogen-bond donors (Lipinski definition) is 1. The minimum atomic E-state index is -1.61. The van der Waals surface area contributed by atoms with Gasteiger partial charge in [-0.3, -0.25) is 14.3 Å². The van der Waals surface area contributed by atoms with E-state index in [0.29, 0.717) is 30.2 Å². The van der Waals surface area contributed by atoms with Gasteiger partial charge in [-0.1, -0.05) is 18.2 Å². The summed E-state index contributed by atoms with van der Waals surface area (Å²) in [4.78, 5) is 36.4. The van der Waals surface area contributed by atoms with Crippen molar-refractivity contribution in [1.82, 2.24) is 14.5 Å². The number of methoxy groups -OCH3 is 1. The molecule has 2 aliphatic heterocycles. The molecule has 0 radical (unpaired) electrons. The van der Waals surface area contributed by atoms with Crippen LogP contribution in [0.1, 0.15) is 28.8 Å². The van der Waals surface area contributed by atoms with Gasteiger partial charge in [0.2, 0.25) is 11.4 Å². The first-order valence-corrected chi connectivity index (χ1v) is 13.9. The molecular formula is C31H32FN5O4. The van der Waals surface area contributed by atoms with Gasteiger partial charge in [-0.05, 0) is 67.9 Å². The molecule has 0 saturated carbocycles. The molecule has 41 heavy (non-hydrogen) atoms. The number of ether oxygens (including phenoxy) is 1. The molecule has 10 heteroatoms. The van der Waals surface area contributed by atoms with Crippen LogP contribution in [0.3, 0.4) is 0 Å². The molecule has 0 atom stereocenters. The molecule has 0 amide bonds. The van der Waals surface area contributed by atoms with Gasteiger partial charge in [-0.15, -0.1) is 0 Å². The number of piperazine rings is 1. The van der Waals surface area contributed by atoms with Gasteiger partial charge in [-0.2, -0.15) is 4.39 Å². The summed E-state index contributed by atoms with van der Waals surface area (Å²) in [6.45, 7) is 5.66. The van der Waals surface area contributed by atoms with Gasteiger partial charge in [0.25, 0.3) is 0 Å². The fourth-order valence-corrected chi connectivity index (χ4v) is 5.95. The first kappa shape index (κ1) is 26.8. The van der Waals surface area contributed by atoms with E-state index in [-0.39, 0.29) is 10.9 Å². The lowest BCUT2D eigenvalue weighted by atomic mass is 10.1. The number of aromatic nitrogens is 2. The van der Waals surface area contributed by atoms with Crippen molar-refractivity contribution in [3.63, 3.8) is 0 Å². The largest absolute Gasteiger partial charge is 0.492 e. The summed E-state index contributed by atoms with van der Waals surface area (Å²) in [5.41, 5.74) is 0.641. The van der Waals surface area contributed by atoms with Crippen molar-refractivity contribution in [2.45, 2.75) is 19.4 Å². The number of nitrogens with zero attached hydrogens (tertiary/aromatic N) is 5. The van der Waals surface area contributed by atoms with Crippen LogP contribution in [-0.4, -0.2) is 71.9 Å². The molecule has 2 aromatic carbocycles. The lowest BCUT2D eigenvalue weighted by molar-refractivity contribution is 0.0689. The monoisotopic (exact) mass is 557 g/mol. The average Bonchev–Trinajstić information content (AvgIpc) is 3.51. The standard InChI is InChI=1S/C31H32FN5O4/c1-41-29-24(35-16-18-36(19-17-35)25-6-2-3-13-33-25)12-11-23-27(29)37(30(32)26(28(23)38)31(39)40)22-9-7-21(8-10-22)20-34-14-4-5-15-34/h2-3,6-13H,4-5,14-20H2,1H3,(H,39,40). The van der Waals surface area contributed by atoms with Crippen LogP contribution < -0.4 is 20.0 Å². The molecular weight excluding hydrogens is 525 g/mol. The minimum absolute atomic E-state index is 0.0812. The highest BCUT2D eigenvalue weighted by Gasteiger charge is 2.28. The first-order chi connectivity index (χ1) is 20.0. The molecule has 0 aliphatic carbocycles. The Hall–Kier alpha value is -4.44. The second-order valence-corrected chi connectivity index (χ2v) is 10.5. The van der Waals surface area contributed by atoms with Crippen LogP contribution in [0, 0.1) is 5.95 Å². The molecule has 0 bridgehead atoms. The lowest BCUT2D eigenvalue weighted by Gasteiger charge is -2.37. The molecule has 1 N–H and O–H groups in total. The summed E-state index contributed by atoms with van der Waals surface area (Å²) in [5, 5.41) is 9.86. The van der Waals surface area contributed by atoms with E-state index in [2.05, 4.69) is 19.7 Å². The zero-order valence-corrected chi connectivity index (χ0v) is 22.9. The second-order valence-electron chi connectivity index (χ2n) is 10.5. The molecule has 0 spiro atoms. The number of likely N-dealkylation sites (tertiary alicyclic amines) is 1. The average molecular weight is 558 g/mol. The number of halogens is 1. The topological polar surface area (TPSA) is 91.1 Å². The van der Waals surface area contributed by atoms with E-state index in [4.69, 9.17) is 4.74 Å². The third-order valence-electron chi connectivity index (χ3n) is 8.02. The Labute approximate surface area is 237 Å². The number of carbonyl (C=O) groups is 1. The molecule has 9 nitrogen and oxygen atoms in total. The molecule has 6 rings (SSSR count). The zero-order valence-electron chi connectivity index (χ0n) is 22.9. The van der Waals surface area contributed by atoms with E-state index in [1.807, 2.05) is 30.3 Å². The molecule has 212 valence electrons. The molecule has 2 aliphatic rings. The van der Waals surface area contributed by atoms with Crippen LogP contribution in [0.15, 0.2) is 65.6 Å². The molecule has 4 aromatic rings. The van der Waals surface area contributed by atoms with Crippen molar-refractivity contribution in [2.75, 3.05) is 56.2 Å². The van der Waals surface area contributed by atoms with Crippen LogP contribution >= 0.6 is 0 Å². The van der Waals surface area contributed by atoms with Crippen LogP contribution in [0.2, 0.25) is 0 Å². The SMILES string of the molecule is COc1c(N2CCN(c3ccccn3)CC2)ccc2c(=O)c(C(=O)O)c(F)n(-c3ccc(CN4CCCC4)cc3)c12. The number of fused-ring (bicyclic) bond motifs is 1. The molecule has 0 unspecified atom stereocenters. The summed E-state index contributed by atoms with van der Waals surface area (Å²) in [7, 11) is 1.49. The number of benzene rings is 2. The highest BCUT2D eigenvalue weighted by molar-refractivity contribution is 5.98. The van der Waals surface area contributed by atoms with Gasteiger partial charge < -0.3 is 19.6 Å². The van der Waals surface area contributed by atoms with E-state index in [1.165, 1.54) is 24.5 Å². The summed E-state index contributed by atoms with van der Waals surface area (Å²) >= 11 is 0. The highest BCUT2D eigenvalue weighted by atomic mass is 19.1. The van der Waals surface area contributed by atoms with Crippen LogP contribution in [0.25, 0.3) is 16.6 Å². The third-order valence-corrected chi connectivity index (χ3v) is 8.02. The predicted molar refractivity (Wildman–Crippen MR) is 156 cm³/mol. The van der Waals surface area contributed by atoms with Crippen molar-refractivity contribution in [3.8, 4) is 11.4 Å². The Balaban J connectivity index is 1.43. The van der Waals surface area contributed by atoms with Crippen molar-refractivity contribution < 1.29 is 19.0 Å². The van der Waals surface area contributed by atoms with E-state index in [1.54, 1.807) is 30.5 Å². The van der Waals surface area contributed by atoms with Crippen LogP contribution in [0.4, 0.5) is 15.9 Å². The molecule has 4 heterocycles. The van der Waals surface area contributed by atoms with Gasteiger partial charge in [0.1, 0.15) is 11.3 Å². The smallest absolute Gasteiger partial charge is 0.344 e.